The molecule has 1 aromatic rings. The van der Waals surface area contributed by atoms with Gasteiger partial charge in [-0.3, -0.25) is 4.79 Å². The fourth-order valence-corrected chi connectivity index (χ4v) is 2.68. The molecule has 0 unspecified atom stereocenters. The largest absolute Gasteiger partial charge is 0.427 e. The zero-order chi connectivity index (χ0) is 12.6. The third-order valence-corrected chi connectivity index (χ3v) is 3.69. The van der Waals surface area contributed by atoms with Gasteiger partial charge in [-0.05, 0) is 30.9 Å². The Morgan fingerprint density at radius 2 is 1.83 bits per heavy atom. The molecule has 0 aromatic heterocycles. The van der Waals surface area contributed by atoms with E-state index >= 15 is 0 Å². The van der Waals surface area contributed by atoms with Crippen molar-refractivity contribution in [3.8, 4) is 5.75 Å². The van der Waals surface area contributed by atoms with Crippen molar-refractivity contribution in [1.82, 2.24) is 0 Å². The summed E-state index contributed by atoms with van der Waals surface area (Å²) in [5, 5.41) is 0. The number of benzene rings is 1. The van der Waals surface area contributed by atoms with E-state index in [9.17, 15) is 4.79 Å². The number of ether oxygens (including phenoxy) is 1. The maximum atomic E-state index is 11.6. The minimum atomic E-state index is -0.1000. The maximum Gasteiger partial charge on any atom is 0.311 e. The lowest BCUT2D eigenvalue weighted by Gasteiger charge is -2.20. The zero-order valence-electron chi connectivity index (χ0n) is 10.9. The van der Waals surface area contributed by atoms with E-state index in [2.05, 4.69) is 0 Å². The van der Waals surface area contributed by atoms with Crippen LogP contribution < -0.4 is 4.74 Å². The van der Waals surface area contributed by atoms with Crippen molar-refractivity contribution in [1.29, 1.82) is 0 Å². The van der Waals surface area contributed by atoms with Crippen molar-refractivity contribution < 1.29 is 9.53 Å². The normalized spacial score (nSPS) is 16.4. The Kier molecular flexibility index (Phi) is 5.25. The van der Waals surface area contributed by atoms with Crippen LogP contribution >= 0.6 is 0 Å². The SMILES string of the molecule is O=C(CCCC1CCCCC1)Oc1ccccc1. The molecule has 2 heteroatoms. The van der Waals surface area contributed by atoms with Gasteiger partial charge in [0.2, 0.25) is 0 Å². The van der Waals surface area contributed by atoms with Gasteiger partial charge in [0, 0.05) is 6.42 Å². The molecule has 98 valence electrons. The molecule has 0 spiro atoms. The molecule has 0 bridgehead atoms. The van der Waals surface area contributed by atoms with E-state index < -0.39 is 0 Å². The Balaban J connectivity index is 1.62. The van der Waals surface area contributed by atoms with Crippen LogP contribution in [-0.2, 0) is 4.79 Å². The molecule has 1 saturated carbocycles. The van der Waals surface area contributed by atoms with E-state index in [0.29, 0.717) is 12.2 Å². The van der Waals surface area contributed by atoms with E-state index in [-0.39, 0.29) is 5.97 Å². The second-order valence-electron chi connectivity index (χ2n) is 5.18. The van der Waals surface area contributed by atoms with Gasteiger partial charge in [-0.15, -0.1) is 0 Å². The molecule has 2 nitrogen and oxygen atoms in total. The summed E-state index contributed by atoms with van der Waals surface area (Å²) in [5.74, 6) is 1.40. The summed E-state index contributed by atoms with van der Waals surface area (Å²) >= 11 is 0. The number of carbonyl (C=O) groups excluding carboxylic acids is 1. The minimum Gasteiger partial charge on any atom is -0.427 e. The quantitative estimate of drug-likeness (QED) is 0.570. The summed E-state index contributed by atoms with van der Waals surface area (Å²) in [6.45, 7) is 0. The Hall–Kier alpha value is -1.31. The lowest BCUT2D eigenvalue weighted by atomic mass is 9.86. The highest BCUT2D eigenvalue weighted by Crippen LogP contribution is 2.27. The summed E-state index contributed by atoms with van der Waals surface area (Å²) in [7, 11) is 0. The number of para-hydroxylation sites is 1. The average molecular weight is 246 g/mol. The van der Waals surface area contributed by atoms with Crippen LogP contribution in [0.25, 0.3) is 0 Å². The van der Waals surface area contributed by atoms with Crippen molar-refractivity contribution in [2.45, 2.75) is 51.4 Å². The second kappa shape index (κ2) is 7.20. The highest BCUT2D eigenvalue weighted by Gasteiger charge is 2.14. The number of carbonyl (C=O) groups is 1. The molecule has 1 aromatic carbocycles. The molecule has 0 N–H and O–H groups in total. The van der Waals surface area contributed by atoms with Crippen molar-refractivity contribution in [2.24, 2.45) is 5.92 Å². The monoisotopic (exact) mass is 246 g/mol. The van der Waals surface area contributed by atoms with Gasteiger partial charge in [0.25, 0.3) is 0 Å². The van der Waals surface area contributed by atoms with Gasteiger partial charge in [-0.2, -0.15) is 0 Å². The molecule has 18 heavy (non-hydrogen) atoms. The topological polar surface area (TPSA) is 26.3 Å². The number of rotatable bonds is 5. The smallest absolute Gasteiger partial charge is 0.311 e. The molecule has 1 aliphatic rings. The van der Waals surface area contributed by atoms with Crippen LogP contribution in [-0.4, -0.2) is 5.97 Å². The zero-order valence-corrected chi connectivity index (χ0v) is 10.9. The van der Waals surface area contributed by atoms with Crippen molar-refractivity contribution in [3.63, 3.8) is 0 Å². The average Bonchev–Trinajstić information content (AvgIpc) is 2.41. The summed E-state index contributed by atoms with van der Waals surface area (Å²) in [6, 6.07) is 9.31. The van der Waals surface area contributed by atoms with E-state index in [1.165, 1.54) is 38.5 Å². The van der Waals surface area contributed by atoms with Gasteiger partial charge in [0.15, 0.2) is 0 Å². The predicted octanol–water partition coefficient (Wildman–Crippen LogP) is 4.34. The maximum absolute atomic E-state index is 11.6. The Bertz CT molecular complexity index is 353. The summed E-state index contributed by atoms with van der Waals surface area (Å²) in [5.41, 5.74) is 0. The van der Waals surface area contributed by atoms with Gasteiger partial charge in [0.1, 0.15) is 5.75 Å². The fourth-order valence-electron chi connectivity index (χ4n) is 2.68. The Morgan fingerprint density at radius 3 is 2.56 bits per heavy atom. The first-order chi connectivity index (χ1) is 8.84. The van der Waals surface area contributed by atoms with E-state index in [0.717, 1.165) is 12.3 Å². The molecular weight excluding hydrogens is 224 g/mol. The van der Waals surface area contributed by atoms with Crippen LogP contribution in [0.5, 0.6) is 5.75 Å². The van der Waals surface area contributed by atoms with Gasteiger partial charge < -0.3 is 4.74 Å². The minimum absolute atomic E-state index is 0.1000. The second-order valence-corrected chi connectivity index (χ2v) is 5.18. The molecule has 0 saturated heterocycles. The van der Waals surface area contributed by atoms with Crippen LogP contribution in [0.2, 0.25) is 0 Å². The van der Waals surface area contributed by atoms with Crippen LogP contribution in [0.1, 0.15) is 51.4 Å². The lowest BCUT2D eigenvalue weighted by Crippen LogP contribution is -2.10. The van der Waals surface area contributed by atoms with Crippen molar-refractivity contribution in [2.75, 3.05) is 0 Å². The lowest BCUT2D eigenvalue weighted by molar-refractivity contribution is -0.134. The van der Waals surface area contributed by atoms with Crippen molar-refractivity contribution in [3.05, 3.63) is 30.3 Å². The molecule has 0 heterocycles. The standard InChI is InChI=1S/C16H22O2/c17-16(18-15-11-5-2-6-12-15)13-7-10-14-8-3-1-4-9-14/h2,5-6,11-12,14H,1,3-4,7-10,13H2. The molecule has 2 rings (SSSR count). The van der Waals surface area contributed by atoms with E-state index in [1.54, 1.807) is 0 Å². The summed E-state index contributed by atoms with van der Waals surface area (Å²) < 4.78 is 5.26. The Labute approximate surface area is 109 Å². The molecule has 0 amide bonds. The van der Waals surface area contributed by atoms with Gasteiger partial charge in [0.05, 0.1) is 0 Å². The number of hydrogen-bond donors (Lipinski definition) is 0. The molecule has 1 fully saturated rings. The predicted molar refractivity (Wildman–Crippen MR) is 72.5 cm³/mol. The van der Waals surface area contributed by atoms with Crippen molar-refractivity contribution >= 4 is 5.97 Å². The number of esters is 1. The molecule has 1 aliphatic carbocycles. The first kappa shape index (κ1) is 13.1. The highest BCUT2D eigenvalue weighted by atomic mass is 16.5. The molecule has 0 radical (unpaired) electrons. The van der Waals surface area contributed by atoms with Crippen LogP contribution in [0, 0.1) is 5.92 Å². The fraction of sp³-hybridized carbons (Fsp3) is 0.562. The molecule has 0 aliphatic heterocycles. The van der Waals surface area contributed by atoms with Crippen LogP contribution in [0.3, 0.4) is 0 Å². The van der Waals surface area contributed by atoms with Gasteiger partial charge in [-0.25, -0.2) is 0 Å². The third kappa shape index (κ3) is 4.52. The highest BCUT2D eigenvalue weighted by molar-refractivity contribution is 5.72. The molecular formula is C16H22O2. The van der Waals surface area contributed by atoms with Crippen LogP contribution in [0.15, 0.2) is 30.3 Å². The Morgan fingerprint density at radius 1 is 1.11 bits per heavy atom. The first-order valence-corrected chi connectivity index (χ1v) is 7.10. The molecule has 0 atom stereocenters. The first-order valence-electron chi connectivity index (χ1n) is 7.10. The van der Waals surface area contributed by atoms with E-state index in [4.69, 9.17) is 4.74 Å². The third-order valence-electron chi connectivity index (χ3n) is 3.69. The van der Waals surface area contributed by atoms with Gasteiger partial charge in [-0.1, -0.05) is 50.3 Å². The summed E-state index contributed by atoms with van der Waals surface area (Å²) in [4.78, 5) is 11.6. The number of hydrogen-bond acceptors (Lipinski definition) is 2. The van der Waals surface area contributed by atoms with Gasteiger partial charge >= 0.3 is 5.97 Å². The summed E-state index contributed by atoms with van der Waals surface area (Å²) in [6.07, 6.45) is 9.55. The van der Waals surface area contributed by atoms with Crippen LogP contribution in [0.4, 0.5) is 0 Å². The van der Waals surface area contributed by atoms with E-state index in [1.807, 2.05) is 30.3 Å².